The third-order valence-electron chi connectivity index (χ3n) is 11.6. The van der Waals surface area contributed by atoms with Crippen LogP contribution in [-0.2, 0) is 9.47 Å². The number of hydrogen-bond acceptors (Lipinski definition) is 9. The van der Waals surface area contributed by atoms with Gasteiger partial charge in [-0.1, -0.05) is 269 Å². The second-order valence-electron chi connectivity index (χ2n) is 42.3. The standard InChI is InChI=1S/C12H25NO2.C11H23NO2.C8H19N.4C7H17N.2C6H15N.2C6H14.2ClH/c1-8-13(9-11(2,3)4)10(14)15-12(5,6)7;1-10(2,3)8-12(7)9(13)14-11(4,5)6;1-6-9(5)7-8(2,3)4;2*1-7(2,3)6-8(4)5;2*1-5-8-6-7(2,3)4;2*1-6(2,3)5-7-4;2*1-5-6(2,3)4;;/h8-9H2,1-7H3;8H2,1-7H3;6-7H2,1-5H3;2*6H2,1-5H3;2*8H,5-6H2,1-4H3;2*7H,5H2,1-4H3;2*5H2,1-4H3;2*1H. The third kappa shape index (κ3) is 171. The lowest BCUT2D eigenvalue weighted by molar-refractivity contribution is -0.661. The number of nitrogens with zero attached hydrogens (tertiary/aromatic N) is 5. The first-order chi connectivity index (χ1) is 41.7. The smallest absolute Gasteiger partial charge is 0.410 e. The number of carbonyl (C=O) groups excluding carboxylic acids is 2. The first kappa shape index (κ1) is 127. The molecule has 15 heteroatoms. The van der Waals surface area contributed by atoms with Gasteiger partial charge in [0.05, 0.1) is 26.7 Å². The minimum absolute atomic E-state index is 0. The van der Waals surface area contributed by atoms with E-state index < -0.39 is 11.2 Å². The zero-order valence-corrected chi connectivity index (χ0v) is 79.4. The third-order valence-corrected chi connectivity index (χ3v) is 11.6. The summed E-state index contributed by atoms with van der Waals surface area (Å²) in [6, 6.07) is 0. The van der Waals surface area contributed by atoms with Crippen molar-refractivity contribution in [3.05, 3.63) is 0 Å². The summed E-state index contributed by atoms with van der Waals surface area (Å²) in [6.07, 6.45) is 2.06. The van der Waals surface area contributed by atoms with Crippen LogP contribution in [0.5, 0.6) is 0 Å². The Balaban J connectivity index is -0.0000000746. The molecule has 0 spiro atoms. The topological polar surface area (TPSA) is 126 Å². The van der Waals surface area contributed by atoms with Gasteiger partial charge in [-0.25, -0.2) is 9.59 Å². The molecule has 610 valence electrons. The van der Waals surface area contributed by atoms with Crippen molar-refractivity contribution in [1.29, 1.82) is 0 Å². The summed E-state index contributed by atoms with van der Waals surface area (Å²) in [4.78, 5) is 33.4. The van der Waals surface area contributed by atoms with Crippen molar-refractivity contribution < 1.29 is 54.5 Å². The van der Waals surface area contributed by atoms with Crippen LogP contribution < -0.4 is 46.1 Å². The van der Waals surface area contributed by atoms with Gasteiger partial charge in [0.1, 0.15) is 11.2 Å². The van der Waals surface area contributed by atoms with E-state index in [-0.39, 0.29) is 47.8 Å². The van der Waals surface area contributed by atoms with E-state index in [1.165, 1.54) is 39.0 Å². The first-order valence-electron chi connectivity index (χ1n) is 37.6. The molecule has 6 N–H and O–H groups in total. The highest BCUT2D eigenvalue weighted by Crippen LogP contribution is 2.21. The predicted octanol–water partition coefficient (Wildman–Crippen LogP) is 14.0. The fourth-order valence-electron chi connectivity index (χ4n) is 7.36. The number of nitrogens with two attached hydrogens (primary N) is 2. The largest absolute Gasteiger partial charge is 1.00 e. The highest BCUT2D eigenvalue weighted by Gasteiger charge is 2.26. The van der Waals surface area contributed by atoms with Crippen LogP contribution in [-0.4, -0.2) is 189 Å². The molecule has 98 heavy (non-hydrogen) atoms. The van der Waals surface area contributed by atoms with Gasteiger partial charge in [-0.3, -0.25) is 0 Å². The molecule has 0 rings (SSSR count). The molecule has 0 aromatic rings. The molecule has 0 aromatic carbocycles. The number of quaternary nitrogens is 2. The van der Waals surface area contributed by atoms with Crippen LogP contribution >= 0.6 is 0 Å². The molecule has 0 radical (unpaired) electrons. The zero-order chi connectivity index (χ0) is 80.4. The normalized spacial score (nSPS) is 12.1. The van der Waals surface area contributed by atoms with E-state index in [0.29, 0.717) is 61.8 Å². The Morgan fingerprint density at radius 1 is 0.357 bits per heavy atom. The van der Waals surface area contributed by atoms with Gasteiger partial charge in [0.15, 0.2) is 0 Å². The Morgan fingerprint density at radius 2 is 0.643 bits per heavy atom. The highest BCUT2D eigenvalue weighted by molar-refractivity contribution is 5.68. The van der Waals surface area contributed by atoms with Crippen LogP contribution in [0.1, 0.15) is 324 Å². The van der Waals surface area contributed by atoms with Gasteiger partial charge in [0, 0.05) is 57.1 Å². The van der Waals surface area contributed by atoms with E-state index in [1.54, 1.807) is 16.8 Å². The Hall–Kier alpha value is -1.16. The van der Waals surface area contributed by atoms with Gasteiger partial charge in [-0.2, -0.15) is 0 Å². The van der Waals surface area contributed by atoms with Crippen molar-refractivity contribution in [3.8, 4) is 0 Å². The molecule has 13 nitrogen and oxygen atoms in total. The second-order valence-corrected chi connectivity index (χ2v) is 42.3. The number of hydrogen-bond donors (Lipinski definition) is 4. The molecule has 0 bridgehead atoms. The number of amides is 2. The van der Waals surface area contributed by atoms with Crippen LogP contribution in [0.2, 0.25) is 0 Å². The van der Waals surface area contributed by atoms with Crippen molar-refractivity contribution >= 4 is 12.2 Å². The highest BCUT2D eigenvalue weighted by atomic mass is 35.5. The fourth-order valence-corrected chi connectivity index (χ4v) is 7.36. The predicted molar refractivity (Wildman–Crippen MR) is 440 cm³/mol. The summed E-state index contributed by atoms with van der Waals surface area (Å²) in [5.74, 6) is 0. The summed E-state index contributed by atoms with van der Waals surface area (Å²) in [7, 11) is 16.4. The lowest BCUT2D eigenvalue weighted by atomic mass is 9.94. The SMILES string of the molecule is CCC(C)(C)C.CCC(C)(C)C.CCN(C)CC(C)(C)C.CCN(CC(C)(C)C)C(=O)OC(C)(C)C.CCNCC(C)(C)C.CC[NH2+]CC(C)(C)C.CN(C)CC(C)(C)C.CN(C)CC(C)(C)C.CN(CC(C)(C)C)C(=O)OC(C)(C)C.CNCC(C)(C)C.C[NH2+]CC(C)(C)C.[Cl-].[Cl-]. The molecule has 0 aromatic heterocycles. The summed E-state index contributed by atoms with van der Waals surface area (Å²) in [5, 5.41) is 10.9. The van der Waals surface area contributed by atoms with E-state index in [9.17, 15) is 9.59 Å². The maximum absolute atomic E-state index is 11.8. The van der Waals surface area contributed by atoms with Gasteiger partial charge in [-0.05, 0) is 173 Å². The minimum atomic E-state index is -0.414. The molecule has 2 amide bonds. The fraction of sp³-hybridized carbons (Fsp3) is 0.976. The minimum Gasteiger partial charge on any atom is -1.00 e. The van der Waals surface area contributed by atoms with Gasteiger partial charge in [-0.15, -0.1) is 0 Å². The number of ether oxygens (including phenoxy) is 2. The number of nitrogens with one attached hydrogen (secondary N) is 2. The summed E-state index contributed by atoms with van der Waals surface area (Å²) >= 11 is 0. The van der Waals surface area contributed by atoms with E-state index in [1.807, 2.05) is 55.5 Å². The lowest BCUT2D eigenvalue weighted by Gasteiger charge is -2.31. The first-order valence-corrected chi connectivity index (χ1v) is 37.6. The average Bonchev–Trinajstić information content (AvgIpc) is 0.955. The van der Waals surface area contributed by atoms with Crippen molar-refractivity contribution in [2.75, 3.05) is 141 Å². The van der Waals surface area contributed by atoms with Crippen LogP contribution in [0.4, 0.5) is 9.59 Å². The molecule has 0 aliphatic heterocycles. The van der Waals surface area contributed by atoms with Gasteiger partial charge < -0.3 is 80.1 Å². The van der Waals surface area contributed by atoms with Crippen molar-refractivity contribution in [2.24, 2.45) is 59.6 Å². The molecular formula is C83H195Cl2N9O4. The second kappa shape index (κ2) is 61.0. The molecule has 0 aliphatic rings. The monoisotopic (exact) mass is 1450 g/mol. The van der Waals surface area contributed by atoms with Crippen LogP contribution in [0, 0.1) is 59.6 Å². The Kier molecular flexibility index (Phi) is 78.8. The molecular weight excluding hydrogens is 1260 g/mol. The molecule has 0 saturated carbocycles. The molecule has 0 heterocycles. The van der Waals surface area contributed by atoms with Gasteiger partial charge >= 0.3 is 12.2 Å². The molecule has 0 fully saturated rings. The van der Waals surface area contributed by atoms with Crippen molar-refractivity contribution in [2.45, 2.75) is 336 Å². The number of rotatable bonds is 13. The maximum atomic E-state index is 11.8. The Labute approximate surface area is 635 Å². The number of carbonyl (C=O) groups is 2. The average molecular weight is 1450 g/mol. The summed E-state index contributed by atoms with van der Waals surface area (Å²) in [6.45, 7) is 111. The van der Waals surface area contributed by atoms with Gasteiger partial charge in [0.25, 0.3) is 0 Å². The Bertz CT molecular complexity index is 1640. The quantitative estimate of drug-likeness (QED) is 0.143. The van der Waals surface area contributed by atoms with Crippen molar-refractivity contribution in [3.63, 3.8) is 0 Å². The molecule has 0 aliphatic carbocycles. The van der Waals surface area contributed by atoms with Crippen molar-refractivity contribution in [1.82, 2.24) is 35.1 Å². The summed E-state index contributed by atoms with van der Waals surface area (Å²) < 4.78 is 10.6. The molecule has 0 atom stereocenters. The summed E-state index contributed by atoms with van der Waals surface area (Å²) in [5.41, 5.74) is 3.68. The van der Waals surface area contributed by atoms with E-state index >= 15 is 0 Å². The molecule has 0 saturated heterocycles. The van der Waals surface area contributed by atoms with Crippen LogP contribution in [0.15, 0.2) is 0 Å². The van der Waals surface area contributed by atoms with E-state index in [0.717, 1.165) is 45.8 Å². The van der Waals surface area contributed by atoms with E-state index in [2.05, 4.69) is 341 Å². The van der Waals surface area contributed by atoms with Gasteiger partial charge in [0.2, 0.25) is 0 Å². The lowest BCUT2D eigenvalue weighted by Crippen LogP contribution is -3.00. The number of halogens is 2. The maximum Gasteiger partial charge on any atom is 0.410 e. The van der Waals surface area contributed by atoms with E-state index in [4.69, 9.17) is 9.47 Å². The molecule has 0 unspecified atom stereocenters. The zero-order valence-electron chi connectivity index (χ0n) is 77.9. The Morgan fingerprint density at radius 3 is 0.755 bits per heavy atom. The van der Waals surface area contributed by atoms with Crippen LogP contribution in [0.25, 0.3) is 0 Å². The van der Waals surface area contributed by atoms with Crippen LogP contribution in [0.3, 0.4) is 0 Å².